The van der Waals surface area contributed by atoms with Crippen LogP contribution in [0, 0.1) is 6.92 Å². The van der Waals surface area contributed by atoms with Crippen LogP contribution in [0.25, 0.3) is 39.0 Å². The highest BCUT2D eigenvalue weighted by molar-refractivity contribution is 5.90. The molecule has 1 N–H and O–H groups in total. The Hall–Kier alpha value is -6.32. The van der Waals surface area contributed by atoms with Crippen LogP contribution in [0.5, 0.6) is 5.75 Å². The molecule has 2 aliphatic rings. The van der Waals surface area contributed by atoms with E-state index in [-0.39, 0.29) is 11.7 Å². The number of aromatic nitrogens is 2. The summed E-state index contributed by atoms with van der Waals surface area (Å²) in [7, 11) is 0. The molecule has 50 heavy (non-hydrogen) atoms. The van der Waals surface area contributed by atoms with Crippen molar-refractivity contribution in [2.24, 2.45) is 0 Å². The zero-order valence-corrected chi connectivity index (χ0v) is 27.7. The largest absolute Gasteiger partial charge is 0.508 e. The van der Waals surface area contributed by atoms with Gasteiger partial charge in [0.2, 0.25) is 0 Å². The fourth-order valence-electron chi connectivity index (χ4n) is 8.02. The van der Waals surface area contributed by atoms with Crippen molar-refractivity contribution in [2.75, 3.05) is 0 Å². The van der Waals surface area contributed by atoms with Crippen LogP contribution >= 0.6 is 0 Å². The highest BCUT2D eigenvalue weighted by Gasteiger charge is 2.48. The van der Waals surface area contributed by atoms with Crippen LogP contribution in [0.1, 0.15) is 45.0 Å². The molecule has 3 heteroatoms. The summed E-state index contributed by atoms with van der Waals surface area (Å²) in [6.45, 7) is 2.16. The van der Waals surface area contributed by atoms with Gasteiger partial charge in [-0.15, -0.1) is 0 Å². The summed E-state index contributed by atoms with van der Waals surface area (Å²) < 4.78 is 0. The summed E-state index contributed by atoms with van der Waals surface area (Å²) in [6.07, 6.45) is 11.0. The van der Waals surface area contributed by atoms with E-state index in [2.05, 4.69) is 153 Å². The molecule has 0 aliphatic heterocycles. The van der Waals surface area contributed by atoms with Crippen LogP contribution in [0.3, 0.4) is 0 Å². The lowest BCUT2D eigenvalue weighted by Gasteiger charge is -2.35. The van der Waals surface area contributed by atoms with Gasteiger partial charge in [-0.1, -0.05) is 158 Å². The summed E-state index contributed by atoms with van der Waals surface area (Å²) in [5.74, 6) is 0.907. The van der Waals surface area contributed by atoms with E-state index in [1.54, 1.807) is 6.07 Å². The third kappa shape index (κ3) is 4.66. The average Bonchev–Trinajstić information content (AvgIpc) is 3.27. The Kier molecular flexibility index (Phi) is 7.14. The zero-order valence-electron chi connectivity index (χ0n) is 27.7. The van der Waals surface area contributed by atoms with Crippen LogP contribution in [-0.4, -0.2) is 15.1 Å². The first kappa shape index (κ1) is 29.8. The lowest BCUT2D eigenvalue weighted by molar-refractivity contribution is 0.461. The highest BCUT2D eigenvalue weighted by Crippen LogP contribution is 2.58. The predicted octanol–water partition coefficient (Wildman–Crippen LogP) is 11.0. The molecular weight excluding hydrogens is 609 g/mol. The van der Waals surface area contributed by atoms with E-state index >= 15 is 0 Å². The monoisotopic (exact) mass is 642 g/mol. The number of allylic oxidation sites excluding steroid dienone is 6. The number of para-hydroxylation sites is 2. The maximum Gasteiger partial charge on any atom is 0.160 e. The first-order valence-corrected chi connectivity index (χ1v) is 17.1. The first-order chi connectivity index (χ1) is 24.6. The van der Waals surface area contributed by atoms with E-state index in [4.69, 9.17) is 9.97 Å². The van der Waals surface area contributed by atoms with E-state index in [0.29, 0.717) is 5.82 Å². The predicted molar refractivity (Wildman–Crippen MR) is 204 cm³/mol. The van der Waals surface area contributed by atoms with Crippen molar-refractivity contribution < 1.29 is 5.11 Å². The Bertz CT molecular complexity index is 2480. The Labute approximate surface area is 292 Å². The fourth-order valence-corrected chi connectivity index (χ4v) is 8.02. The van der Waals surface area contributed by atoms with Crippen molar-refractivity contribution in [1.82, 2.24) is 9.97 Å². The van der Waals surface area contributed by atoms with Crippen LogP contribution in [-0.2, 0) is 5.41 Å². The van der Waals surface area contributed by atoms with Gasteiger partial charge in [-0.2, -0.15) is 0 Å². The molecule has 0 radical (unpaired) electrons. The maximum atomic E-state index is 11.6. The molecule has 0 bridgehead atoms. The van der Waals surface area contributed by atoms with E-state index in [1.807, 2.05) is 24.3 Å². The van der Waals surface area contributed by atoms with Crippen molar-refractivity contribution in [3.05, 3.63) is 215 Å². The molecule has 2 unspecified atom stereocenters. The molecule has 0 spiro atoms. The molecule has 1 heterocycles. The van der Waals surface area contributed by atoms with Crippen LogP contribution in [0.15, 0.2) is 176 Å². The minimum atomic E-state index is -0.745. The van der Waals surface area contributed by atoms with Gasteiger partial charge in [-0.3, -0.25) is 0 Å². The topological polar surface area (TPSA) is 46.0 Å². The van der Waals surface area contributed by atoms with E-state index < -0.39 is 5.41 Å². The quantitative estimate of drug-likeness (QED) is 0.203. The van der Waals surface area contributed by atoms with E-state index in [1.165, 1.54) is 5.56 Å². The number of nitrogens with zero attached hydrogens (tertiary/aromatic N) is 2. The fraction of sp³-hybridized carbons (Fsp3) is 0.0638. The molecule has 9 rings (SSSR count). The molecule has 0 fully saturated rings. The zero-order chi connectivity index (χ0) is 33.7. The number of aryl methyl sites for hydroxylation is 1. The van der Waals surface area contributed by atoms with Crippen molar-refractivity contribution >= 4 is 16.5 Å². The van der Waals surface area contributed by atoms with Crippen LogP contribution in [0.2, 0.25) is 0 Å². The summed E-state index contributed by atoms with van der Waals surface area (Å²) in [5.41, 5.74) is 12.1. The number of phenols is 1. The van der Waals surface area contributed by atoms with Gasteiger partial charge < -0.3 is 5.11 Å². The SMILES string of the molecule is Cc1ccccc1C1(c2ccccc2O)c2ccccc2-c2ccc(-c3nc(C4C=CC=C(c5ccccc5)C=C4)c4ccccc4n3)cc21. The Morgan fingerprint density at radius 2 is 1.28 bits per heavy atom. The van der Waals surface area contributed by atoms with Gasteiger partial charge in [0.15, 0.2) is 5.82 Å². The highest BCUT2D eigenvalue weighted by atomic mass is 16.3. The number of rotatable bonds is 5. The van der Waals surface area contributed by atoms with Crippen molar-refractivity contribution in [3.63, 3.8) is 0 Å². The van der Waals surface area contributed by atoms with Gasteiger partial charge >= 0.3 is 0 Å². The van der Waals surface area contributed by atoms with Gasteiger partial charge in [0.05, 0.1) is 16.6 Å². The maximum absolute atomic E-state index is 11.6. The molecule has 238 valence electrons. The molecule has 0 saturated heterocycles. The van der Waals surface area contributed by atoms with Crippen LogP contribution < -0.4 is 0 Å². The lowest BCUT2D eigenvalue weighted by atomic mass is 9.66. The Balaban J connectivity index is 1.26. The van der Waals surface area contributed by atoms with E-state index in [9.17, 15) is 5.11 Å². The molecule has 2 aliphatic carbocycles. The Morgan fingerprint density at radius 3 is 2.12 bits per heavy atom. The standard InChI is InChI=1S/C47H34N2O/c1-31-14-5-8-21-39(31)47(41-23-10-12-25-44(41)50)40-22-9-6-19-36(40)37-29-28-35(30-42(37)47)46-48-43-24-11-7-20-38(43)45(49-46)34-18-13-17-33(26-27-34)32-15-3-2-4-16-32/h2-30,34,50H,1H3. The summed E-state index contributed by atoms with van der Waals surface area (Å²) >= 11 is 0. The van der Waals surface area contributed by atoms with Gasteiger partial charge in [0, 0.05) is 22.4 Å². The molecule has 1 aromatic heterocycles. The van der Waals surface area contributed by atoms with Gasteiger partial charge in [0.1, 0.15) is 5.75 Å². The second-order valence-electron chi connectivity index (χ2n) is 13.1. The number of benzene rings is 6. The molecule has 0 saturated carbocycles. The molecule has 2 atom stereocenters. The molecule has 7 aromatic rings. The molecule has 3 nitrogen and oxygen atoms in total. The number of fused-ring (bicyclic) bond motifs is 4. The summed E-state index contributed by atoms with van der Waals surface area (Å²) in [4.78, 5) is 10.5. The van der Waals surface area contributed by atoms with Gasteiger partial charge in [-0.05, 0) is 69.6 Å². The Morgan fingerprint density at radius 1 is 0.580 bits per heavy atom. The normalized spacial score (nSPS) is 17.6. The third-order valence-electron chi connectivity index (χ3n) is 10.3. The number of hydrogen-bond donors (Lipinski definition) is 1. The average molecular weight is 643 g/mol. The molecular formula is C47H34N2O. The third-order valence-corrected chi connectivity index (χ3v) is 10.3. The minimum Gasteiger partial charge on any atom is -0.508 e. The second kappa shape index (κ2) is 12.0. The van der Waals surface area contributed by atoms with Crippen LogP contribution in [0.4, 0.5) is 0 Å². The minimum absolute atomic E-state index is 0.0369. The number of hydrogen-bond acceptors (Lipinski definition) is 3. The van der Waals surface area contributed by atoms with Gasteiger partial charge in [0.25, 0.3) is 0 Å². The summed E-state index contributed by atoms with van der Waals surface area (Å²) in [6, 6.07) is 50.3. The first-order valence-electron chi connectivity index (χ1n) is 17.1. The van der Waals surface area contributed by atoms with Crippen molar-refractivity contribution in [3.8, 4) is 28.3 Å². The molecule has 6 aromatic carbocycles. The number of aromatic hydroxyl groups is 1. The smallest absolute Gasteiger partial charge is 0.160 e. The number of phenolic OH excluding ortho intramolecular Hbond substituents is 1. The summed E-state index contributed by atoms with van der Waals surface area (Å²) in [5, 5.41) is 12.6. The molecule has 0 amide bonds. The van der Waals surface area contributed by atoms with E-state index in [0.717, 1.165) is 66.7 Å². The second-order valence-corrected chi connectivity index (χ2v) is 13.1. The lowest BCUT2D eigenvalue weighted by Crippen LogP contribution is -2.29. The van der Waals surface area contributed by atoms with Crippen molar-refractivity contribution in [1.29, 1.82) is 0 Å². The van der Waals surface area contributed by atoms with Crippen molar-refractivity contribution in [2.45, 2.75) is 18.3 Å². The van der Waals surface area contributed by atoms with Gasteiger partial charge in [-0.25, -0.2) is 9.97 Å².